The fourth-order valence-corrected chi connectivity index (χ4v) is 0.257. The molecule has 0 spiro atoms. The van der Waals surface area contributed by atoms with Gasteiger partial charge in [-0.05, 0) is 18.0 Å². The quantitative estimate of drug-likeness (QED) is 0.220. The molecule has 0 unspecified atom stereocenters. The van der Waals surface area contributed by atoms with Crippen LogP contribution in [0, 0.1) is 11.8 Å². The van der Waals surface area contributed by atoms with E-state index >= 15 is 0 Å². The van der Waals surface area contributed by atoms with E-state index in [9.17, 15) is 0 Å². The Kier molecular flexibility index (Phi) is 4.03. The minimum atomic E-state index is 0.226. The predicted molar refractivity (Wildman–Crippen MR) is 36.6 cm³/mol. The molecule has 0 radical (unpaired) electrons. The highest BCUT2D eigenvalue weighted by Crippen LogP contribution is 1.79. The van der Waals surface area contributed by atoms with E-state index in [1.54, 1.807) is 6.92 Å². The first-order chi connectivity index (χ1) is 4.27. The first-order valence-corrected chi connectivity index (χ1v) is 2.42. The lowest BCUT2D eigenvalue weighted by molar-refractivity contribution is 1.25. The van der Waals surface area contributed by atoms with Crippen molar-refractivity contribution in [2.75, 3.05) is 6.54 Å². The highest BCUT2D eigenvalue weighted by atomic mass is 15.1. The molecule has 0 aromatic carbocycles. The van der Waals surface area contributed by atoms with Crippen molar-refractivity contribution in [3.05, 3.63) is 22.6 Å². The van der Waals surface area contributed by atoms with Crippen molar-refractivity contribution in [2.24, 2.45) is 5.11 Å². The van der Waals surface area contributed by atoms with Crippen LogP contribution in [0.1, 0.15) is 6.92 Å². The van der Waals surface area contributed by atoms with Gasteiger partial charge in [0.25, 0.3) is 0 Å². The van der Waals surface area contributed by atoms with E-state index in [2.05, 4.69) is 28.4 Å². The Balaban J connectivity index is 3.63. The summed E-state index contributed by atoms with van der Waals surface area (Å²) in [6, 6.07) is 0. The molecule has 0 aliphatic rings. The van der Waals surface area contributed by atoms with Gasteiger partial charge in [-0.15, -0.1) is 0 Å². The second-order valence-electron chi connectivity index (χ2n) is 1.47. The summed E-state index contributed by atoms with van der Waals surface area (Å²) in [5, 5.41) is 3.21. The van der Waals surface area contributed by atoms with Crippen LogP contribution in [0.5, 0.6) is 0 Å². The molecule has 0 aliphatic heterocycles. The van der Waals surface area contributed by atoms with E-state index in [0.717, 1.165) is 5.57 Å². The molecule has 0 saturated carbocycles. The third-order valence-corrected chi connectivity index (χ3v) is 0.515. The zero-order valence-electron chi connectivity index (χ0n) is 5.26. The Morgan fingerprint density at radius 1 is 1.89 bits per heavy atom. The first kappa shape index (κ1) is 7.61. The van der Waals surface area contributed by atoms with E-state index < -0.39 is 0 Å². The predicted octanol–water partition coefficient (Wildman–Crippen LogP) is 1.88. The summed E-state index contributed by atoms with van der Waals surface area (Å²) in [6.45, 7) is 5.56. The van der Waals surface area contributed by atoms with Crippen molar-refractivity contribution in [2.45, 2.75) is 6.92 Å². The number of hydrogen-bond donors (Lipinski definition) is 0. The number of allylic oxidation sites excluding steroid dienone is 1. The number of azide groups is 1. The van der Waals surface area contributed by atoms with Crippen LogP contribution in [0.15, 0.2) is 17.3 Å². The molecular formula is C6H7N3. The highest BCUT2D eigenvalue weighted by Gasteiger charge is 1.68. The first-order valence-electron chi connectivity index (χ1n) is 2.42. The van der Waals surface area contributed by atoms with E-state index in [0.29, 0.717) is 0 Å². The molecule has 0 aliphatic carbocycles. The van der Waals surface area contributed by atoms with Gasteiger partial charge in [-0.25, -0.2) is 0 Å². The van der Waals surface area contributed by atoms with Crippen LogP contribution in [0.3, 0.4) is 0 Å². The molecule has 3 nitrogen and oxygen atoms in total. The zero-order chi connectivity index (χ0) is 7.11. The van der Waals surface area contributed by atoms with Crippen LogP contribution in [0.25, 0.3) is 10.4 Å². The van der Waals surface area contributed by atoms with Crippen LogP contribution >= 0.6 is 0 Å². The van der Waals surface area contributed by atoms with E-state index in [4.69, 9.17) is 5.53 Å². The van der Waals surface area contributed by atoms with Gasteiger partial charge in [-0.1, -0.05) is 23.5 Å². The molecule has 0 N–H and O–H groups in total. The second kappa shape index (κ2) is 4.76. The van der Waals surface area contributed by atoms with Gasteiger partial charge < -0.3 is 0 Å². The van der Waals surface area contributed by atoms with Crippen LogP contribution < -0.4 is 0 Å². The molecule has 0 fully saturated rings. The molecule has 9 heavy (non-hydrogen) atoms. The summed E-state index contributed by atoms with van der Waals surface area (Å²) in [5.41, 5.74) is 8.58. The van der Waals surface area contributed by atoms with Crippen LogP contribution in [-0.4, -0.2) is 6.54 Å². The van der Waals surface area contributed by atoms with E-state index in [1.807, 2.05) is 0 Å². The van der Waals surface area contributed by atoms with Gasteiger partial charge in [0.15, 0.2) is 0 Å². The van der Waals surface area contributed by atoms with Crippen molar-refractivity contribution in [3.63, 3.8) is 0 Å². The molecule has 46 valence electrons. The number of rotatable bonds is 1. The SMILES string of the molecule is C=C(C)C#CCN=[N+]=[N-]. The fourth-order valence-electron chi connectivity index (χ4n) is 0.257. The van der Waals surface area contributed by atoms with Gasteiger partial charge in [0.1, 0.15) is 0 Å². The Morgan fingerprint density at radius 2 is 2.56 bits per heavy atom. The van der Waals surface area contributed by atoms with Crippen LogP contribution in [-0.2, 0) is 0 Å². The van der Waals surface area contributed by atoms with Crippen molar-refractivity contribution >= 4 is 0 Å². The summed E-state index contributed by atoms with van der Waals surface area (Å²) in [7, 11) is 0. The van der Waals surface area contributed by atoms with Crippen molar-refractivity contribution in [3.8, 4) is 11.8 Å². The largest absolute Gasteiger partial charge is 0.0923 e. The Labute approximate surface area is 54.0 Å². The third-order valence-electron chi connectivity index (χ3n) is 0.515. The monoisotopic (exact) mass is 121 g/mol. The fraction of sp³-hybridized carbons (Fsp3) is 0.333. The smallest absolute Gasteiger partial charge is 0.0880 e. The molecule has 0 heterocycles. The maximum absolute atomic E-state index is 7.80. The molecule has 0 rings (SSSR count). The van der Waals surface area contributed by atoms with Crippen LogP contribution in [0.2, 0.25) is 0 Å². The summed E-state index contributed by atoms with van der Waals surface area (Å²) < 4.78 is 0. The lowest BCUT2D eigenvalue weighted by Gasteiger charge is -1.74. The molecule has 0 saturated heterocycles. The maximum atomic E-state index is 7.80. The highest BCUT2D eigenvalue weighted by molar-refractivity contribution is 5.23. The van der Waals surface area contributed by atoms with E-state index in [-0.39, 0.29) is 6.54 Å². The zero-order valence-corrected chi connectivity index (χ0v) is 5.26. The Bertz CT molecular complexity index is 200. The van der Waals surface area contributed by atoms with Gasteiger partial charge in [0.05, 0.1) is 6.54 Å². The summed E-state index contributed by atoms with van der Waals surface area (Å²) in [4.78, 5) is 2.53. The average molecular weight is 121 g/mol. The second-order valence-corrected chi connectivity index (χ2v) is 1.47. The van der Waals surface area contributed by atoms with Gasteiger partial charge in [-0.3, -0.25) is 0 Å². The standard InChI is InChI=1S/C6H7N3/c1-6(2)4-3-5-8-9-7/h1,5H2,2H3. The average Bonchev–Trinajstić information content (AvgIpc) is 1.80. The topological polar surface area (TPSA) is 48.8 Å². The molecule has 0 aromatic heterocycles. The molecule has 0 amide bonds. The van der Waals surface area contributed by atoms with Crippen molar-refractivity contribution in [1.82, 2.24) is 0 Å². The number of nitrogens with zero attached hydrogens (tertiary/aromatic N) is 3. The molecule has 3 heteroatoms. The Hall–Kier alpha value is -1.39. The lowest BCUT2D eigenvalue weighted by atomic mass is 10.3. The summed E-state index contributed by atoms with van der Waals surface area (Å²) in [6.07, 6.45) is 0. The van der Waals surface area contributed by atoms with Gasteiger partial charge in [-0.2, -0.15) is 0 Å². The van der Waals surface area contributed by atoms with Gasteiger partial charge in [0.2, 0.25) is 0 Å². The molecule has 0 atom stereocenters. The maximum Gasteiger partial charge on any atom is 0.0880 e. The minimum absolute atomic E-state index is 0.226. The van der Waals surface area contributed by atoms with Crippen LogP contribution in [0.4, 0.5) is 0 Å². The van der Waals surface area contributed by atoms with Gasteiger partial charge in [0, 0.05) is 4.91 Å². The third kappa shape index (κ3) is 6.61. The van der Waals surface area contributed by atoms with Crippen molar-refractivity contribution < 1.29 is 0 Å². The minimum Gasteiger partial charge on any atom is -0.0923 e. The van der Waals surface area contributed by atoms with E-state index in [1.165, 1.54) is 0 Å². The molecule has 0 aromatic rings. The lowest BCUT2D eigenvalue weighted by Crippen LogP contribution is -1.68. The molecular weight excluding hydrogens is 114 g/mol. The van der Waals surface area contributed by atoms with Crippen molar-refractivity contribution in [1.29, 1.82) is 0 Å². The molecule has 0 bridgehead atoms. The normalized spacial score (nSPS) is 6.33. The Morgan fingerprint density at radius 3 is 3.00 bits per heavy atom. The summed E-state index contributed by atoms with van der Waals surface area (Å²) in [5.74, 6) is 5.29. The van der Waals surface area contributed by atoms with Gasteiger partial charge >= 0.3 is 0 Å². The summed E-state index contributed by atoms with van der Waals surface area (Å²) >= 11 is 0. The number of hydrogen-bond acceptors (Lipinski definition) is 1.